The third-order valence-corrected chi connectivity index (χ3v) is 15.6. The first-order valence-corrected chi connectivity index (χ1v) is 30.8. The Hall–Kier alpha value is -11.1. The molecule has 0 saturated heterocycles. The van der Waals surface area contributed by atoms with Gasteiger partial charge in [0.15, 0.2) is 0 Å². The van der Waals surface area contributed by atoms with E-state index in [1.807, 2.05) is 172 Å². The summed E-state index contributed by atoms with van der Waals surface area (Å²) < 4.78 is 32.2. The van der Waals surface area contributed by atoms with Crippen LogP contribution in [0.15, 0.2) is 201 Å². The van der Waals surface area contributed by atoms with E-state index in [1.165, 1.54) is 11.6 Å². The Labute approximate surface area is 545 Å². The number of ether oxygens (including phenoxy) is 6. The molecule has 3 atom stereocenters. The summed E-state index contributed by atoms with van der Waals surface area (Å²) >= 11 is 0. The second kappa shape index (κ2) is 33.8. The molecule has 0 aliphatic heterocycles. The van der Waals surface area contributed by atoms with Crippen LogP contribution in [0.1, 0.15) is 95.9 Å². The van der Waals surface area contributed by atoms with Gasteiger partial charge in [-0.2, -0.15) is 5.48 Å². The third-order valence-electron chi connectivity index (χ3n) is 15.6. The van der Waals surface area contributed by atoms with Crippen molar-refractivity contribution in [3.8, 4) is 23.0 Å². The molecule has 484 valence electrons. The molecule has 0 amide bonds. The fraction of sp³-hybridized carbons (Fsp3) is 0.230. The number of H-pyrrole nitrogens is 4. The van der Waals surface area contributed by atoms with E-state index < -0.39 is 5.97 Å². The molecule has 3 unspecified atom stereocenters. The molecule has 0 bridgehead atoms. The summed E-state index contributed by atoms with van der Waals surface area (Å²) in [5, 5.41) is 7.34. The molecule has 8 aromatic heterocycles. The van der Waals surface area contributed by atoms with Gasteiger partial charge in [0.25, 0.3) is 0 Å². The number of benzene rings is 4. The van der Waals surface area contributed by atoms with E-state index in [4.69, 9.17) is 33.3 Å². The van der Waals surface area contributed by atoms with Crippen LogP contribution in [0.5, 0.6) is 23.0 Å². The van der Waals surface area contributed by atoms with Crippen molar-refractivity contribution in [3.05, 3.63) is 246 Å². The molecule has 0 spiro atoms. The quantitative estimate of drug-likeness (QED) is 0.0151. The molecule has 0 aliphatic rings. The van der Waals surface area contributed by atoms with Crippen molar-refractivity contribution in [1.29, 1.82) is 0 Å². The second-order valence-corrected chi connectivity index (χ2v) is 21.3. The van der Waals surface area contributed by atoms with Gasteiger partial charge < -0.3 is 58.5 Å². The van der Waals surface area contributed by atoms with Crippen LogP contribution in [0, 0.1) is 0 Å². The number of hydrogen-bond acceptors (Lipinski definition) is 16. The van der Waals surface area contributed by atoms with Crippen molar-refractivity contribution in [2.45, 2.75) is 50.9 Å². The normalized spacial score (nSPS) is 12.0. The minimum atomic E-state index is -0.399. The number of fused-ring (bicyclic) bond motifs is 4. The van der Waals surface area contributed by atoms with Gasteiger partial charge in [-0.15, -0.1) is 0 Å². The van der Waals surface area contributed by atoms with Crippen LogP contribution < -0.4 is 29.7 Å². The van der Waals surface area contributed by atoms with Gasteiger partial charge in [-0.05, 0) is 177 Å². The number of carbonyl (C=O) groups excluding carboxylic acids is 3. The number of carbonyl (C=O) groups is 3. The number of hydroxylamine groups is 1. The number of methoxy groups -OCH3 is 4. The lowest BCUT2D eigenvalue weighted by Gasteiger charge is -2.18. The molecule has 0 fully saturated rings. The minimum absolute atomic E-state index is 0.174. The van der Waals surface area contributed by atoms with E-state index >= 15 is 0 Å². The molecule has 6 N–H and O–H groups in total. The Balaban J connectivity index is 0.000000148. The van der Waals surface area contributed by atoms with Crippen molar-refractivity contribution in [3.63, 3.8) is 0 Å². The van der Waals surface area contributed by atoms with Gasteiger partial charge in [0, 0.05) is 147 Å². The summed E-state index contributed by atoms with van der Waals surface area (Å²) in [6, 6.07) is 47.1. The number of aromatic amines is 4. The van der Waals surface area contributed by atoms with Crippen molar-refractivity contribution in [2.24, 2.45) is 0 Å². The number of rotatable bonds is 23. The van der Waals surface area contributed by atoms with E-state index in [2.05, 4.69) is 68.9 Å². The van der Waals surface area contributed by atoms with E-state index in [9.17, 15) is 14.4 Å². The molecule has 0 aliphatic carbocycles. The van der Waals surface area contributed by atoms with Gasteiger partial charge in [0.1, 0.15) is 23.0 Å². The number of nitrogens with zero attached hydrogens (tertiary/aromatic N) is 4. The molecule has 20 nitrogen and oxygen atoms in total. The predicted octanol–water partition coefficient (Wildman–Crippen LogP) is 13.3. The summed E-state index contributed by atoms with van der Waals surface area (Å²) in [5.41, 5.74) is 14.4. The Morgan fingerprint density at radius 1 is 0.468 bits per heavy atom. The Morgan fingerprint density at radius 2 is 0.872 bits per heavy atom. The van der Waals surface area contributed by atoms with Crippen LogP contribution in [0.4, 0.5) is 0 Å². The fourth-order valence-corrected chi connectivity index (χ4v) is 11.2. The summed E-state index contributed by atoms with van der Waals surface area (Å²) in [5.74, 6) is 2.01. The van der Waals surface area contributed by atoms with Gasteiger partial charge in [0.05, 0.1) is 60.2 Å². The maximum absolute atomic E-state index is 12.1. The molecular weight excluding hydrogens is 1190 g/mol. The maximum Gasteiger partial charge on any atom is 0.331 e. The van der Waals surface area contributed by atoms with Crippen LogP contribution in [0.3, 0.4) is 0 Å². The number of pyridine rings is 4. The lowest BCUT2D eigenvalue weighted by Crippen LogP contribution is -2.18. The Bertz CT molecular complexity index is 4260. The maximum atomic E-state index is 12.1. The lowest BCUT2D eigenvalue weighted by atomic mass is 9.91. The van der Waals surface area contributed by atoms with Crippen molar-refractivity contribution in [1.82, 2.24) is 50.7 Å². The molecule has 20 heteroatoms. The van der Waals surface area contributed by atoms with Gasteiger partial charge in [-0.25, -0.2) is 4.79 Å². The number of hydrogen-bond donors (Lipinski definition) is 6. The average molecular weight is 1270 g/mol. The molecule has 4 aromatic carbocycles. The van der Waals surface area contributed by atoms with Crippen LogP contribution in [0.25, 0.3) is 49.2 Å². The standard InChI is InChI=1S/C19H20N2O3.C19H18N2O3.C18H19N3O3.C18H21N3O/c2*1-3-24-19(22)12-15(16-6-4-5-8-20-16)13-10-17-14(7-9-21-17)18(11-13)23-2;1-19-24-18(22)11-14(15-5-3-4-7-20-15)12-9-16-13(6-8-21-16)17(10-12)23-2;1-19-9-6-14(16-5-3-4-8-20-16)13-11-17-15(7-10-21-17)18(12-13)22-2/h4-11,15,21H,3,12H2,1-2H3;4-12,21H,3H2,1-2H3;3-10,14,19,21H,11H2,1-2H3;3-5,7-8,10-12,14,19,21H,6,9H2,1-2H3. The molecule has 12 aromatic rings. The van der Waals surface area contributed by atoms with Gasteiger partial charge >= 0.3 is 17.9 Å². The van der Waals surface area contributed by atoms with Crippen molar-refractivity contribution >= 4 is 67.1 Å². The molecule has 12 rings (SSSR count). The zero-order valence-corrected chi connectivity index (χ0v) is 53.9. The number of esters is 2. The SMILES string of the molecule is CCOC(=O)C=C(c1cc(OC)c2cc[nH]c2c1)c1ccccn1.CCOC(=O)CC(c1cc(OC)c2cc[nH]c2c1)c1ccccn1.CNCCC(c1cc(OC)c2cc[nH]c2c1)c1ccccn1.CNOC(=O)CC(c1cc(OC)c2cc[nH]c2c1)c1ccccn1. The lowest BCUT2D eigenvalue weighted by molar-refractivity contribution is -0.150. The molecule has 8 heterocycles. The van der Waals surface area contributed by atoms with E-state index in [1.54, 1.807) is 61.0 Å². The van der Waals surface area contributed by atoms with Crippen LogP contribution in [-0.4, -0.2) is 120 Å². The molecule has 0 saturated carbocycles. The molecule has 0 radical (unpaired) electrons. The second-order valence-electron chi connectivity index (χ2n) is 21.3. The molecule has 94 heavy (non-hydrogen) atoms. The van der Waals surface area contributed by atoms with Gasteiger partial charge in [0.2, 0.25) is 0 Å². The van der Waals surface area contributed by atoms with E-state index in [0.717, 1.165) is 113 Å². The zero-order chi connectivity index (χ0) is 66.2. The zero-order valence-electron chi connectivity index (χ0n) is 53.9. The predicted molar refractivity (Wildman–Crippen MR) is 365 cm³/mol. The Morgan fingerprint density at radius 3 is 1.27 bits per heavy atom. The highest BCUT2D eigenvalue weighted by molar-refractivity contribution is 5.99. The summed E-state index contributed by atoms with van der Waals surface area (Å²) in [6.45, 7) is 5.21. The largest absolute Gasteiger partial charge is 0.496 e. The van der Waals surface area contributed by atoms with Gasteiger partial charge in [-0.1, -0.05) is 24.3 Å². The Kier molecular flexibility index (Phi) is 24.2. The fourth-order valence-electron chi connectivity index (χ4n) is 11.2. The van der Waals surface area contributed by atoms with E-state index in [-0.39, 0.29) is 42.5 Å². The van der Waals surface area contributed by atoms with Crippen LogP contribution in [0.2, 0.25) is 0 Å². The first-order chi connectivity index (χ1) is 46.0. The monoisotopic (exact) mass is 1270 g/mol. The third kappa shape index (κ3) is 17.1. The van der Waals surface area contributed by atoms with Gasteiger partial charge in [-0.3, -0.25) is 29.5 Å². The summed E-state index contributed by atoms with van der Waals surface area (Å²) in [7, 11) is 10.2. The first kappa shape index (κ1) is 67.3. The highest BCUT2D eigenvalue weighted by Crippen LogP contribution is 2.38. The first-order valence-electron chi connectivity index (χ1n) is 30.8. The minimum Gasteiger partial charge on any atom is -0.496 e. The van der Waals surface area contributed by atoms with Crippen molar-refractivity contribution < 1.29 is 47.6 Å². The average Bonchev–Trinajstić information content (AvgIpc) is 1.62. The van der Waals surface area contributed by atoms with Crippen LogP contribution in [-0.2, 0) is 28.7 Å². The van der Waals surface area contributed by atoms with E-state index in [0.29, 0.717) is 24.5 Å². The smallest absolute Gasteiger partial charge is 0.331 e. The number of nitrogens with one attached hydrogen (secondary N) is 6. The topological polar surface area (TPSA) is 255 Å². The highest BCUT2D eigenvalue weighted by Gasteiger charge is 2.25. The number of aromatic nitrogens is 8. The van der Waals surface area contributed by atoms with Crippen LogP contribution >= 0.6 is 0 Å². The van der Waals surface area contributed by atoms with Crippen molar-refractivity contribution in [2.75, 3.05) is 62.3 Å². The summed E-state index contributed by atoms with van der Waals surface area (Å²) in [6.07, 6.45) is 17.4. The molecular formula is C74H78N10O10. The highest BCUT2D eigenvalue weighted by atomic mass is 16.7. The summed E-state index contributed by atoms with van der Waals surface area (Å²) in [4.78, 5) is 71.6.